The van der Waals surface area contributed by atoms with Crippen molar-refractivity contribution in [3.8, 4) is 5.75 Å². The molecule has 0 fully saturated rings. The molecule has 0 spiro atoms. The van der Waals surface area contributed by atoms with E-state index in [1.807, 2.05) is 6.92 Å². The van der Waals surface area contributed by atoms with Gasteiger partial charge in [-0.15, -0.1) is 24.0 Å². The number of nitrogens with one attached hydrogen (secondary N) is 2. The van der Waals surface area contributed by atoms with E-state index in [1.54, 1.807) is 24.4 Å². The molecule has 1 unspecified atom stereocenters. The summed E-state index contributed by atoms with van der Waals surface area (Å²) in [4.78, 5) is 8.71. The Kier molecular flexibility index (Phi) is 11.2. The summed E-state index contributed by atoms with van der Waals surface area (Å²) in [5.41, 5.74) is -0.103. The Balaban J connectivity index is 0.00000450. The standard InChI is InChI=1S/C20H28Cl2N4O3.HI/c1-5-23-19(26-11-17-24-10-16(29-17)20(2,3)4)25-9-13(27)12-28-15-8-6-7-14(21)18(15)22;/h6-8,10,13,27H,5,9,11-12H2,1-4H3,(H2,23,25,26);1H. The number of ether oxygens (including phenoxy) is 1. The van der Waals surface area contributed by atoms with Crippen molar-refractivity contribution >= 4 is 53.1 Å². The van der Waals surface area contributed by atoms with Crippen molar-refractivity contribution in [3.63, 3.8) is 0 Å². The van der Waals surface area contributed by atoms with E-state index in [1.165, 1.54) is 0 Å². The van der Waals surface area contributed by atoms with Crippen molar-refractivity contribution in [3.05, 3.63) is 46.1 Å². The summed E-state index contributed by atoms with van der Waals surface area (Å²) in [7, 11) is 0. The predicted molar refractivity (Wildman–Crippen MR) is 131 cm³/mol. The van der Waals surface area contributed by atoms with Gasteiger partial charge in [0.2, 0.25) is 5.89 Å². The molecule has 0 saturated carbocycles. The van der Waals surface area contributed by atoms with Gasteiger partial charge in [-0.2, -0.15) is 0 Å². The quantitative estimate of drug-likeness (QED) is 0.248. The Morgan fingerprint density at radius 1 is 1.30 bits per heavy atom. The first-order chi connectivity index (χ1) is 13.7. The van der Waals surface area contributed by atoms with Gasteiger partial charge in [0.1, 0.15) is 35.8 Å². The van der Waals surface area contributed by atoms with E-state index in [2.05, 4.69) is 41.4 Å². The number of benzene rings is 1. The van der Waals surface area contributed by atoms with Crippen LogP contribution in [0, 0.1) is 0 Å². The first-order valence-electron chi connectivity index (χ1n) is 9.43. The normalized spacial score (nSPS) is 12.8. The van der Waals surface area contributed by atoms with Gasteiger partial charge in [0.15, 0.2) is 5.96 Å². The van der Waals surface area contributed by atoms with E-state index in [0.29, 0.717) is 34.2 Å². The van der Waals surface area contributed by atoms with Crippen LogP contribution in [0.25, 0.3) is 0 Å². The molecule has 0 radical (unpaired) electrons. The maximum absolute atomic E-state index is 10.2. The number of halogens is 3. The van der Waals surface area contributed by atoms with Crippen molar-refractivity contribution in [1.29, 1.82) is 0 Å². The monoisotopic (exact) mass is 570 g/mol. The Morgan fingerprint density at radius 3 is 2.67 bits per heavy atom. The highest BCUT2D eigenvalue weighted by molar-refractivity contribution is 14.0. The Hall–Kier alpha value is -1.23. The molecule has 1 aromatic carbocycles. The lowest BCUT2D eigenvalue weighted by Crippen LogP contribution is -2.42. The summed E-state index contributed by atoms with van der Waals surface area (Å²) in [6, 6.07) is 5.10. The smallest absolute Gasteiger partial charge is 0.216 e. The zero-order chi connectivity index (χ0) is 21.4. The Morgan fingerprint density at radius 2 is 2.03 bits per heavy atom. The van der Waals surface area contributed by atoms with Crippen LogP contribution in [0.2, 0.25) is 10.0 Å². The number of aliphatic hydroxyl groups is 1. The summed E-state index contributed by atoms with van der Waals surface area (Å²) >= 11 is 12.0. The molecule has 1 aromatic heterocycles. The highest BCUT2D eigenvalue weighted by Gasteiger charge is 2.19. The van der Waals surface area contributed by atoms with Crippen molar-refractivity contribution in [1.82, 2.24) is 15.6 Å². The fraction of sp³-hybridized carbons (Fsp3) is 0.500. The van der Waals surface area contributed by atoms with Gasteiger partial charge >= 0.3 is 0 Å². The fourth-order valence-corrected chi connectivity index (χ4v) is 2.62. The number of aromatic nitrogens is 1. The highest BCUT2D eigenvalue weighted by Crippen LogP contribution is 2.31. The maximum Gasteiger partial charge on any atom is 0.216 e. The Bertz CT molecular complexity index is 825. The van der Waals surface area contributed by atoms with E-state index in [0.717, 1.165) is 5.76 Å². The number of aliphatic hydroxyl groups excluding tert-OH is 1. The number of rotatable bonds is 8. The second-order valence-corrected chi connectivity index (χ2v) is 8.25. The first-order valence-corrected chi connectivity index (χ1v) is 10.2. The van der Waals surface area contributed by atoms with Gasteiger partial charge in [0.05, 0.1) is 11.2 Å². The largest absolute Gasteiger partial charge is 0.489 e. The van der Waals surface area contributed by atoms with Crippen LogP contribution in [0.3, 0.4) is 0 Å². The van der Waals surface area contributed by atoms with Gasteiger partial charge in [-0.1, -0.05) is 50.0 Å². The van der Waals surface area contributed by atoms with Gasteiger partial charge in [0, 0.05) is 18.5 Å². The molecule has 2 aromatic rings. The molecule has 1 atom stereocenters. The predicted octanol–water partition coefficient (Wildman–Crippen LogP) is 4.39. The average Bonchev–Trinajstić information content (AvgIpc) is 3.14. The van der Waals surface area contributed by atoms with Crippen LogP contribution in [0.15, 0.2) is 33.8 Å². The number of hydrogen-bond donors (Lipinski definition) is 3. The van der Waals surface area contributed by atoms with Crippen LogP contribution in [-0.4, -0.2) is 41.9 Å². The summed E-state index contributed by atoms with van der Waals surface area (Å²) < 4.78 is 11.3. The second kappa shape index (κ2) is 12.6. The SMILES string of the molecule is CCNC(=NCc1ncc(C(C)(C)C)o1)NCC(O)COc1cccc(Cl)c1Cl.I. The molecule has 0 aliphatic heterocycles. The van der Waals surface area contributed by atoms with Gasteiger partial charge in [-0.3, -0.25) is 0 Å². The minimum Gasteiger partial charge on any atom is -0.489 e. The number of oxazole rings is 1. The van der Waals surface area contributed by atoms with Crippen LogP contribution in [0.1, 0.15) is 39.3 Å². The Labute approximate surface area is 204 Å². The lowest BCUT2D eigenvalue weighted by Gasteiger charge is -2.16. The summed E-state index contributed by atoms with van der Waals surface area (Å²) in [6.45, 7) is 9.40. The van der Waals surface area contributed by atoms with E-state index in [9.17, 15) is 5.11 Å². The van der Waals surface area contributed by atoms with Crippen LogP contribution in [-0.2, 0) is 12.0 Å². The number of aliphatic imine (C=N–C) groups is 1. The van der Waals surface area contributed by atoms with Gasteiger partial charge in [0.25, 0.3) is 0 Å². The number of hydrogen-bond acceptors (Lipinski definition) is 5. The molecule has 7 nitrogen and oxygen atoms in total. The van der Waals surface area contributed by atoms with Gasteiger partial charge in [-0.25, -0.2) is 9.98 Å². The van der Waals surface area contributed by atoms with Crippen molar-refractivity contribution in [2.24, 2.45) is 4.99 Å². The molecule has 0 bridgehead atoms. The van der Waals surface area contributed by atoms with Crippen molar-refractivity contribution < 1.29 is 14.3 Å². The fourth-order valence-electron chi connectivity index (χ4n) is 2.27. The minimum atomic E-state index is -0.775. The third-order valence-corrected chi connectivity index (χ3v) is 4.66. The molecule has 10 heteroatoms. The zero-order valence-corrected chi connectivity index (χ0v) is 21.4. The third kappa shape index (κ3) is 8.49. The molecular formula is C20H29Cl2IN4O3. The molecule has 30 heavy (non-hydrogen) atoms. The van der Waals surface area contributed by atoms with Gasteiger partial charge in [-0.05, 0) is 19.1 Å². The topological polar surface area (TPSA) is 91.9 Å². The minimum absolute atomic E-state index is 0. The van der Waals surface area contributed by atoms with E-state index < -0.39 is 6.10 Å². The van der Waals surface area contributed by atoms with Gasteiger partial charge < -0.3 is 24.9 Å². The highest BCUT2D eigenvalue weighted by atomic mass is 127. The third-order valence-electron chi connectivity index (χ3n) is 3.86. The molecule has 0 aliphatic carbocycles. The molecule has 3 N–H and O–H groups in total. The summed E-state index contributed by atoms with van der Waals surface area (Å²) in [5.74, 6) is 2.32. The van der Waals surface area contributed by atoms with Crippen molar-refractivity contribution in [2.75, 3.05) is 19.7 Å². The molecular weight excluding hydrogens is 542 g/mol. The lowest BCUT2D eigenvalue weighted by molar-refractivity contribution is 0.110. The van der Waals surface area contributed by atoms with Crippen LogP contribution in [0.5, 0.6) is 5.75 Å². The maximum atomic E-state index is 10.2. The lowest BCUT2D eigenvalue weighted by atomic mass is 9.94. The molecule has 2 rings (SSSR count). The van der Waals surface area contributed by atoms with Crippen molar-refractivity contribution in [2.45, 2.75) is 45.8 Å². The van der Waals surface area contributed by atoms with Crippen LogP contribution in [0.4, 0.5) is 0 Å². The molecule has 0 aliphatic rings. The van der Waals surface area contributed by atoms with Crippen LogP contribution >= 0.6 is 47.2 Å². The first kappa shape index (κ1) is 26.8. The van der Waals surface area contributed by atoms with Crippen LogP contribution < -0.4 is 15.4 Å². The average molecular weight is 571 g/mol. The summed E-state index contributed by atoms with van der Waals surface area (Å²) in [5, 5.41) is 17.1. The molecule has 1 heterocycles. The molecule has 0 amide bonds. The van der Waals surface area contributed by atoms with E-state index in [4.69, 9.17) is 32.4 Å². The summed E-state index contributed by atoms with van der Waals surface area (Å²) in [6.07, 6.45) is 0.955. The van der Waals surface area contributed by atoms with E-state index >= 15 is 0 Å². The van der Waals surface area contributed by atoms with E-state index in [-0.39, 0.29) is 49.1 Å². The number of guanidine groups is 1. The molecule has 168 valence electrons. The molecule has 0 saturated heterocycles. The number of nitrogens with zero attached hydrogens (tertiary/aromatic N) is 2. The second-order valence-electron chi connectivity index (χ2n) is 7.46. The zero-order valence-electron chi connectivity index (χ0n) is 17.5.